The Hall–Kier alpha value is -2.87. The van der Waals surface area contributed by atoms with Crippen LogP contribution < -0.4 is 5.32 Å². The summed E-state index contributed by atoms with van der Waals surface area (Å²) >= 11 is 0. The summed E-state index contributed by atoms with van der Waals surface area (Å²) in [4.78, 5) is 26.1. The minimum atomic E-state index is -0.215. The quantitative estimate of drug-likeness (QED) is 0.826. The Morgan fingerprint density at radius 2 is 2.24 bits per heavy atom. The van der Waals surface area contributed by atoms with Crippen LogP contribution in [0.15, 0.2) is 36.5 Å². The topological polar surface area (TPSA) is 96.7 Å². The van der Waals surface area contributed by atoms with Crippen LogP contribution in [0.1, 0.15) is 22.1 Å². The lowest BCUT2D eigenvalue weighted by Gasteiger charge is -2.34. The molecule has 0 radical (unpaired) electrons. The fourth-order valence-electron chi connectivity index (χ4n) is 2.93. The predicted octanol–water partition coefficient (Wildman–Crippen LogP) is 0.548. The predicted molar refractivity (Wildman–Crippen MR) is 89.0 cm³/mol. The molecular weight excluding hydrogens is 324 g/mol. The van der Waals surface area contributed by atoms with Crippen LogP contribution in [-0.2, 0) is 16.1 Å². The summed E-state index contributed by atoms with van der Waals surface area (Å²) in [6.07, 6.45) is 1.68. The normalized spacial score (nSPS) is 16.4. The van der Waals surface area contributed by atoms with Gasteiger partial charge in [0.05, 0.1) is 18.3 Å². The van der Waals surface area contributed by atoms with Crippen molar-refractivity contribution < 1.29 is 19.4 Å². The number of aromatic nitrogens is 2. The van der Waals surface area contributed by atoms with Crippen molar-refractivity contribution in [2.24, 2.45) is 0 Å². The summed E-state index contributed by atoms with van der Waals surface area (Å²) in [6.45, 7) is 1.18. The summed E-state index contributed by atoms with van der Waals surface area (Å²) < 4.78 is 6.64. The summed E-state index contributed by atoms with van der Waals surface area (Å²) in [6, 6.07) is 7.97. The van der Waals surface area contributed by atoms with Crippen molar-refractivity contribution >= 4 is 11.8 Å². The van der Waals surface area contributed by atoms with Crippen LogP contribution in [0, 0.1) is 0 Å². The van der Waals surface area contributed by atoms with E-state index in [1.165, 1.54) is 19.2 Å². The van der Waals surface area contributed by atoms with Gasteiger partial charge in [0.2, 0.25) is 5.91 Å². The first kappa shape index (κ1) is 17.0. The lowest BCUT2D eigenvalue weighted by atomic mass is 10.1. The lowest BCUT2D eigenvalue weighted by molar-refractivity contribution is -0.124. The van der Waals surface area contributed by atoms with Gasteiger partial charge < -0.3 is 20.1 Å². The molecule has 0 saturated carbocycles. The smallest absolute Gasteiger partial charge is 0.254 e. The fraction of sp³-hybridized carbons (Fsp3) is 0.353. The molecule has 3 rings (SSSR count). The molecule has 0 fully saturated rings. The SMILES string of the molecule is COCC(=O)NCC1CN(C(=O)c2cccc(O)c2)Cc2ccnn21. The molecule has 25 heavy (non-hydrogen) atoms. The number of phenolic OH excluding ortho intramolecular Hbond substituents is 1. The second-order valence-corrected chi connectivity index (χ2v) is 5.89. The number of ether oxygens (including phenoxy) is 1. The third kappa shape index (κ3) is 3.80. The van der Waals surface area contributed by atoms with Crippen LogP contribution in [-0.4, -0.2) is 58.4 Å². The molecule has 132 valence electrons. The second-order valence-electron chi connectivity index (χ2n) is 5.89. The highest BCUT2D eigenvalue weighted by Crippen LogP contribution is 2.22. The zero-order valence-electron chi connectivity index (χ0n) is 13.9. The van der Waals surface area contributed by atoms with E-state index < -0.39 is 0 Å². The van der Waals surface area contributed by atoms with Gasteiger partial charge in [-0.3, -0.25) is 14.3 Å². The van der Waals surface area contributed by atoms with Gasteiger partial charge in [0.25, 0.3) is 5.91 Å². The molecule has 1 unspecified atom stereocenters. The summed E-state index contributed by atoms with van der Waals surface area (Å²) in [5.41, 5.74) is 1.32. The molecule has 8 nitrogen and oxygen atoms in total. The van der Waals surface area contributed by atoms with Crippen LogP contribution in [0.4, 0.5) is 0 Å². The minimum Gasteiger partial charge on any atom is -0.508 e. The molecule has 0 spiro atoms. The van der Waals surface area contributed by atoms with Gasteiger partial charge in [-0.05, 0) is 24.3 Å². The molecule has 1 aromatic heterocycles. The maximum atomic E-state index is 12.7. The fourth-order valence-corrected chi connectivity index (χ4v) is 2.93. The van der Waals surface area contributed by atoms with Gasteiger partial charge in [0, 0.05) is 32.0 Å². The summed E-state index contributed by atoms with van der Waals surface area (Å²) in [5, 5.41) is 16.7. The van der Waals surface area contributed by atoms with Gasteiger partial charge in [-0.2, -0.15) is 5.10 Å². The first-order valence-corrected chi connectivity index (χ1v) is 7.95. The number of phenols is 1. The highest BCUT2D eigenvalue weighted by Gasteiger charge is 2.29. The zero-order chi connectivity index (χ0) is 17.8. The Balaban J connectivity index is 1.75. The van der Waals surface area contributed by atoms with Crippen molar-refractivity contribution in [3.63, 3.8) is 0 Å². The average molecular weight is 344 g/mol. The van der Waals surface area contributed by atoms with E-state index in [2.05, 4.69) is 10.4 Å². The molecule has 2 heterocycles. The van der Waals surface area contributed by atoms with E-state index in [9.17, 15) is 14.7 Å². The molecule has 2 amide bonds. The number of hydrogen-bond donors (Lipinski definition) is 2. The van der Waals surface area contributed by atoms with Crippen LogP contribution in [0.25, 0.3) is 0 Å². The maximum absolute atomic E-state index is 12.7. The van der Waals surface area contributed by atoms with E-state index in [1.807, 2.05) is 10.7 Å². The van der Waals surface area contributed by atoms with E-state index in [0.29, 0.717) is 25.2 Å². The highest BCUT2D eigenvalue weighted by molar-refractivity contribution is 5.94. The Bertz CT molecular complexity index is 774. The number of amides is 2. The molecule has 2 N–H and O–H groups in total. The number of carbonyl (C=O) groups is 2. The van der Waals surface area contributed by atoms with Gasteiger partial charge in [0.15, 0.2) is 0 Å². The van der Waals surface area contributed by atoms with Gasteiger partial charge in [-0.1, -0.05) is 6.07 Å². The van der Waals surface area contributed by atoms with E-state index in [4.69, 9.17) is 4.74 Å². The van der Waals surface area contributed by atoms with Crippen LogP contribution in [0.2, 0.25) is 0 Å². The van der Waals surface area contributed by atoms with Crippen LogP contribution >= 0.6 is 0 Å². The highest BCUT2D eigenvalue weighted by atomic mass is 16.5. The number of aromatic hydroxyl groups is 1. The summed E-state index contributed by atoms with van der Waals surface area (Å²) in [7, 11) is 1.46. The van der Waals surface area contributed by atoms with Crippen molar-refractivity contribution in [3.8, 4) is 5.75 Å². The van der Waals surface area contributed by atoms with Crippen molar-refractivity contribution in [2.45, 2.75) is 12.6 Å². The van der Waals surface area contributed by atoms with Gasteiger partial charge in [-0.25, -0.2) is 0 Å². The van der Waals surface area contributed by atoms with Gasteiger partial charge >= 0.3 is 0 Å². The standard InChI is InChI=1S/C17H20N4O4/c1-25-11-16(23)18-8-14-10-20(9-13-5-6-19-21(13)14)17(24)12-3-2-4-15(22)7-12/h2-7,14,22H,8-11H2,1H3,(H,18,23). The molecule has 1 aliphatic heterocycles. The number of carbonyl (C=O) groups excluding carboxylic acids is 2. The Kier molecular flexibility index (Phi) is 4.99. The maximum Gasteiger partial charge on any atom is 0.254 e. The van der Waals surface area contributed by atoms with E-state index in [1.54, 1.807) is 23.2 Å². The molecule has 0 aliphatic carbocycles. The average Bonchev–Trinajstić information content (AvgIpc) is 3.08. The molecule has 8 heteroatoms. The molecule has 2 aromatic rings. The van der Waals surface area contributed by atoms with Crippen LogP contribution in [0.5, 0.6) is 5.75 Å². The number of nitrogens with one attached hydrogen (secondary N) is 1. The van der Waals surface area contributed by atoms with Crippen molar-refractivity contribution in [3.05, 3.63) is 47.8 Å². The van der Waals surface area contributed by atoms with Crippen LogP contribution in [0.3, 0.4) is 0 Å². The lowest BCUT2D eigenvalue weighted by Crippen LogP contribution is -2.45. The molecule has 1 aromatic carbocycles. The number of fused-ring (bicyclic) bond motifs is 1. The Morgan fingerprint density at radius 1 is 1.40 bits per heavy atom. The monoisotopic (exact) mass is 344 g/mol. The first-order chi connectivity index (χ1) is 12.1. The van der Waals surface area contributed by atoms with Crippen molar-refractivity contribution in [2.75, 3.05) is 26.8 Å². The van der Waals surface area contributed by atoms with E-state index >= 15 is 0 Å². The van der Waals surface area contributed by atoms with Gasteiger partial charge in [0.1, 0.15) is 12.4 Å². The third-order valence-corrected chi connectivity index (χ3v) is 4.07. The summed E-state index contributed by atoms with van der Waals surface area (Å²) in [5.74, 6) is -0.333. The van der Waals surface area contributed by atoms with E-state index in [0.717, 1.165) is 5.69 Å². The Morgan fingerprint density at radius 3 is 3.00 bits per heavy atom. The molecular formula is C17H20N4O4. The number of nitrogens with zero attached hydrogens (tertiary/aromatic N) is 3. The van der Waals surface area contributed by atoms with Crippen molar-refractivity contribution in [1.82, 2.24) is 20.0 Å². The molecule has 1 aliphatic rings. The third-order valence-electron chi connectivity index (χ3n) is 4.07. The number of benzene rings is 1. The molecule has 0 bridgehead atoms. The van der Waals surface area contributed by atoms with Gasteiger partial charge in [-0.15, -0.1) is 0 Å². The zero-order valence-corrected chi connectivity index (χ0v) is 13.9. The largest absolute Gasteiger partial charge is 0.508 e. The number of methoxy groups -OCH3 is 1. The Labute approximate surface area is 145 Å². The van der Waals surface area contributed by atoms with Crippen molar-refractivity contribution in [1.29, 1.82) is 0 Å². The second kappa shape index (κ2) is 7.35. The van der Waals surface area contributed by atoms with E-state index in [-0.39, 0.29) is 30.2 Å². The minimum absolute atomic E-state index is 0.00930. The molecule has 1 atom stereocenters. The molecule has 0 saturated heterocycles. The number of hydrogen-bond acceptors (Lipinski definition) is 5. The number of rotatable bonds is 5. The first-order valence-electron chi connectivity index (χ1n) is 7.95.